The highest BCUT2D eigenvalue weighted by Crippen LogP contribution is 2.37. The molecule has 4 aromatic rings. The van der Waals surface area contributed by atoms with Crippen LogP contribution in [0.2, 0.25) is 10.0 Å². The number of aromatic nitrogens is 4. The summed E-state index contributed by atoms with van der Waals surface area (Å²) in [4.78, 5) is 22.2. The van der Waals surface area contributed by atoms with Crippen molar-refractivity contribution in [2.45, 2.75) is 13.0 Å². The first-order chi connectivity index (χ1) is 16.0. The predicted molar refractivity (Wildman–Crippen MR) is 129 cm³/mol. The lowest BCUT2D eigenvalue weighted by atomic mass is 9.96. The summed E-state index contributed by atoms with van der Waals surface area (Å²) in [7, 11) is 0. The van der Waals surface area contributed by atoms with E-state index in [2.05, 4.69) is 20.6 Å². The van der Waals surface area contributed by atoms with Gasteiger partial charge in [-0.3, -0.25) is 9.78 Å². The van der Waals surface area contributed by atoms with Crippen LogP contribution in [0.15, 0.2) is 84.3 Å². The molecule has 9 heteroatoms. The number of carbonyl (C=O) groups excluding carboxylic acids is 1. The molecule has 0 saturated carbocycles. The maximum absolute atomic E-state index is 13.4. The van der Waals surface area contributed by atoms with E-state index in [4.69, 9.17) is 28.3 Å². The van der Waals surface area contributed by atoms with Crippen LogP contribution >= 0.6 is 23.2 Å². The number of allylic oxidation sites excluding steroid dienone is 1. The monoisotopic (exact) mass is 476 g/mol. The van der Waals surface area contributed by atoms with E-state index in [-0.39, 0.29) is 5.91 Å². The molecule has 0 aliphatic carbocycles. The molecule has 2 aromatic carbocycles. The summed E-state index contributed by atoms with van der Waals surface area (Å²) in [6, 6.07) is 17.7. The second-order valence-electron chi connectivity index (χ2n) is 7.49. The Bertz CT molecular complexity index is 1370. The Morgan fingerprint density at radius 3 is 2.55 bits per heavy atom. The van der Waals surface area contributed by atoms with E-state index < -0.39 is 6.04 Å². The summed E-state index contributed by atoms with van der Waals surface area (Å²) in [5.74, 6) is 0.697. The fourth-order valence-electron chi connectivity index (χ4n) is 3.80. The van der Waals surface area contributed by atoms with Crippen molar-refractivity contribution in [3.8, 4) is 11.4 Å². The van der Waals surface area contributed by atoms with Crippen LogP contribution in [0.25, 0.3) is 11.4 Å². The number of nitrogens with one attached hydrogen (secondary N) is 2. The first kappa shape index (κ1) is 21.2. The van der Waals surface area contributed by atoms with Gasteiger partial charge in [0.05, 0.1) is 10.6 Å². The van der Waals surface area contributed by atoms with Gasteiger partial charge in [-0.15, -0.1) is 5.10 Å². The molecule has 1 aliphatic rings. The van der Waals surface area contributed by atoms with Crippen LogP contribution in [-0.4, -0.2) is 25.7 Å². The van der Waals surface area contributed by atoms with Gasteiger partial charge in [-0.2, -0.15) is 4.98 Å². The topological polar surface area (TPSA) is 84.7 Å². The van der Waals surface area contributed by atoms with E-state index >= 15 is 0 Å². The number of amides is 1. The lowest BCUT2D eigenvalue weighted by Gasteiger charge is -2.28. The molecule has 2 aromatic heterocycles. The SMILES string of the molecule is CC1=C(C(=O)Nc2ccccc2)C(c2ccncc2)n2nc(-c3ccc(Cl)cc3Cl)nc2N1. The maximum atomic E-state index is 13.4. The molecular formula is C24H18Cl2N6O. The standard InChI is InChI=1S/C24H18Cl2N6O/c1-14-20(23(33)29-17-5-3-2-4-6-17)21(15-9-11-27-12-10-15)32-24(28-14)30-22(31-32)18-8-7-16(25)13-19(18)26/h2-13,21H,1H3,(H,29,33)(H,28,30,31). The predicted octanol–water partition coefficient (Wildman–Crippen LogP) is 5.57. The Morgan fingerprint density at radius 2 is 1.82 bits per heavy atom. The third-order valence-corrected chi connectivity index (χ3v) is 5.87. The van der Waals surface area contributed by atoms with Crippen molar-refractivity contribution in [2.75, 3.05) is 10.6 Å². The van der Waals surface area contributed by atoms with Crippen LogP contribution in [0, 0.1) is 0 Å². The smallest absolute Gasteiger partial charge is 0.255 e. The zero-order valence-corrected chi connectivity index (χ0v) is 19.0. The number of fused-ring (bicyclic) bond motifs is 1. The largest absolute Gasteiger partial charge is 0.328 e. The third kappa shape index (κ3) is 4.08. The van der Waals surface area contributed by atoms with Crippen molar-refractivity contribution in [2.24, 2.45) is 0 Å². The number of para-hydroxylation sites is 1. The lowest BCUT2D eigenvalue weighted by Crippen LogP contribution is -2.31. The number of nitrogens with zero attached hydrogens (tertiary/aromatic N) is 4. The van der Waals surface area contributed by atoms with E-state index in [0.717, 1.165) is 5.56 Å². The average molecular weight is 477 g/mol. The fourth-order valence-corrected chi connectivity index (χ4v) is 4.30. The first-order valence-electron chi connectivity index (χ1n) is 10.2. The number of pyridine rings is 1. The highest BCUT2D eigenvalue weighted by molar-refractivity contribution is 6.36. The van der Waals surface area contributed by atoms with E-state index in [9.17, 15) is 4.79 Å². The molecule has 1 unspecified atom stereocenters. The van der Waals surface area contributed by atoms with Crippen molar-refractivity contribution < 1.29 is 4.79 Å². The molecule has 164 valence electrons. The Kier molecular flexibility index (Phi) is 5.58. The quantitative estimate of drug-likeness (QED) is 0.401. The second kappa shape index (κ2) is 8.69. The average Bonchev–Trinajstić information content (AvgIpc) is 3.22. The zero-order chi connectivity index (χ0) is 22.9. The molecule has 0 spiro atoms. The highest BCUT2D eigenvalue weighted by Gasteiger charge is 2.34. The molecule has 5 rings (SSSR count). The van der Waals surface area contributed by atoms with E-state index in [1.165, 1.54) is 0 Å². The van der Waals surface area contributed by atoms with Crippen LogP contribution in [0.5, 0.6) is 0 Å². The van der Waals surface area contributed by atoms with Gasteiger partial charge in [-0.05, 0) is 55.0 Å². The van der Waals surface area contributed by atoms with Gasteiger partial charge in [0, 0.05) is 34.4 Å². The number of hydrogen-bond acceptors (Lipinski definition) is 5. The highest BCUT2D eigenvalue weighted by atomic mass is 35.5. The summed E-state index contributed by atoms with van der Waals surface area (Å²) in [6.07, 6.45) is 3.37. The van der Waals surface area contributed by atoms with E-state index in [0.29, 0.717) is 44.3 Å². The van der Waals surface area contributed by atoms with E-state index in [1.807, 2.05) is 49.4 Å². The minimum atomic E-state index is -0.514. The number of hydrogen-bond donors (Lipinski definition) is 2. The number of halogens is 2. The molecule has 2 N–H and O–H groups in total. The molecule has 0 saturated heterocycles. The van der Waals surface area contributed by atoms with Crippen LogP contribution < -0.4 is 10.6 Å². The Hall–Kier alpha value is -3.68. The Labute approximate surface area is 200 Å². The lowest BCUT2D eigenvalue weighted by molar-refractivity contribution is -0.113. The minimum absolute atomic E-state index is 0.236. The summed E-state index contributed by atoms with van der Waals surface area (Å²) >= 11 is 12.5. The van der Waals surface area contributed by atoms with Crippen LogP contribution in [0.4, 0.5) is 11.6 Å². The molecular weight excluding hydrogens is 459 g/mol. The van der Waals surface area contributed by atoms with Crippen molar-refractivity contribution in [3.63, 3.8) is 0 Å². The zero-order valence-electron chi connectivity index (χ0n) is 17.5. The van der Waals surface area contributed by atoms with Gasteiger partial charge in [0.2, 0.25) is 5.95 Å². The second-order valence-corrected chi connectivity index (χ2v) is 8.34. The van der Waals surface area contributed by atoms with Gasteiger partial charge in [0.1, 0.15) is 6.04 Å². The van der Waals surface area contributed by atoms with Crippen molar-refractivity contribution in [3.05, 3.63) is 99.9 Å². The third-order valence-electron chi connectivity index (χ3n) is 5.32. The number of anilines is 2. The molecule has 1 amide bonds. The van der Waals surface area contributed by atoms with Crippen LogP contribution in [0.3, 0.4) is 0 Å². The summed E-state index contributed by atoms with van der Waals surface area (Å²) in [5, 5.41) is 11.9. The van der Waals surface area contributed by atoms with Crippen molar-refractivity contribution in [1.29, 1.82) is 0 Å². The summed E-state index contributed by atoms with van der Waals surface area (Å²) in [5.41, 5.74) is 3.40. The van der Waals surface area contributed by atoms with Crippen molar-refractivity contribution >= 4 is 40.7 Å². The Morgan fingerprint density at radius 1 is 1.06 bits per heavy atom. The van der Waals surface area contributed by atoms with Gasteiger partial charge in [0.15, 0.2) is 5.82 Å². The molecule has 0 radical (unpaired) electrons. The van der Waals surface area contributed by atoms with Gasteiger partial charge < -0.3 is 10.6 Å². The first-order valence-corrected chi connectivity index (χ1v) is 10.9. The molecule has 0 bridgehead atoms. The van der Waals surface area contributed by atoms with Crippen LogP contribution in [-0.2, 0) is 4.79 Å². The molecule has 0 fully saturated rings. The molecule has 1 aliphatic heterocycles. The van der Waals surface area contributed by atoms with Crippen LogP contribution in [0.1, 0.15) is 18.5 Å². The molecule has 7 nitrogen and oxygen atoms in total. The normalized spacial score (nSPS) is 15.1. The Balaban J connectivity index is 1.60. The van der Waals surface area contributed by atoms with Gasteiger partial charge in [-0.25, -0.2) is 4.68 Å². The minimum Gasteiger partial charge on any atom is -0.328 e. The van der Waals surface area contributed by atoms with Gasteiger partial charge in [-0.1, -0.05) is 41.4 Å². The summed E-state index contributed by atoms with van der Waals surface area (Å²) in [6.45, 7) is 1.85. The molecule has 3 heterocycles. The fraction of sp³-hybridized carbons (Fsp3) is 0.0833. The number of rotatable bonds is 4. The van der Waals surface area contributed by atoms with Crippen molar-refractivity contribution in [1.82, 2.24) is 19.7 Å². The molecule has 33 heavy (non-hydrogen) atoms. The molecule has 1 atom stereocenters. The number of benzene rings is 2. The van der Waals surface area contributed by atoms with Gasteiger partial charge in [0.25, 0.3) is 5.91 Å². The maximum Gasteiger partial charge on any atom is 0.255 e. The van der Waals surface area contributed by atoms with Gasteiger partial charge >= 0.3 is 0 Å². The summed E-state index contributed by atoms with van der Waals surface area (Å²) < 4.78 is 1.70. The van der Waals surface area contributed by atoms with E-state index in [1.54, 1.807) is 35.3 Å². The number of carbonyl (C=O) groups is 1.